The van der Waals surface area contributed by atoms with E-state index < -0.39 is 7.14 Å². The second-order valence-electron chi connectivity index (χ2n) is 5.14. The zero-order valence-electron chi connectivity index (χ0n) is 12.5. The highest BCUT2D eigenvalue weighted by molar-refractivity contribution is 7.73. The van der Waals surface area contributed by atoms with Gasteiger partial charge < -0.3 is 0 Å². The number of rotatable bonds is 0. The Morgan fingerprint density at radius 3 is 1.62 bits per heavy atom. The Morgan fingerprint density at radius 1 is 0.810 bits per heavy atom. The molecule has 0 atom stereocenters. The zero-order chi connectivity index (χ0) is 15.3. The molecule has 0 heterocycles. The van der Waals surface area contributed by atoms with Gasteiger partial charge >= 0.3 is 0 Å². The maximum atomic E-state index is 12.4. The van der Waals surface area contributed by atoms with Crippen LogP contribution in [0.5, 0.6) is 0 Å². The van der Waals surface area contributed by atoms with E-state index in [0.717, 1.165) is 22.3 Å². The van der Waals surface area contributed by atoms with Gasteiger partial charge in [0.25, 0.3) is 0 Å². The fraction of sp³-hybridized carbons (Fsp3) is 0.158. The van der Waals surface area contributed by atoms with Crippen LogP contribution in [0.4, 0.5) is 0 Å². The minimum absolute atomic E-state index is 0.870. The Morgan fingerprint density at radius 2 is 1.24 bits per heavy atom. The van der Waals surface area contributed by atoms with E-state index in [1.54, 1.807) is 6.66 Å². The SMILES string of the molecule is Cc1cccc(C#CP(C)(=O)C#Cc2cccc(C)c2)c1. The average molecular weight is 292 g/mol. The summed E-state index contributed by atoms with van der Waals surface area (Å²) in [4.78, 5) is 0. The van der Waals surface area contributed by atoms with Crippen LogP contribution in [0.15, 0.2) is 48.5 Å². The topological polar surface area (TPSA) is 17.1 Å². The number of aryl methyl sites for hydroxylation is 2. The molecule has 2 rings (SSSR count). The predicted molar refractivity (Wildman–Crippen MR) is 89.6 cm³/mol. The molecular weight excluding hydrogens is 275 g/mol. The van der Waals surface area contributed by atoms with Crippen LogP contribution in [-0.4, -0.2) is 6.66 Å². The van der Waals surface area contributed by atoms with Crippen molar-refractivity contribution in [3.05, 3.63) is 70.8 Å². The molecule has 104 valence electrons. The Bertz CT molecular complexity index is 758. The largest absolute Gasteiger partial charge is 0.296 e. The molecule has 0 aliphatic heterocycles. The summed E-state index contributed by atoms with van der Waals surface area (Å²) >= 11 is 0. The Kier molecular flexibility index (Phi) is 4.70. The van der Waals surface area contributed by atoms with Crippen molar-refractivity contribution >= 4 is 7.14 Å². The third-order valence-corrected chi connectivity index (χ3v) is 3.94. The van der Waals surface area contributed by atoms with Crippen LogP contribution < -0.4 is 0 Å². The summed E-state index contributed by atoms with van der Waals surface area (Å²) in [5, 5.41) is 0. The molecule has 2 aromatic carbocycles. The van der Waals surface area contributed by atoms with Gasteiger partial charge in [-0.15, -0.1) is 0 Å². The molecule has 0 spiro atoms. The van der Waals surface area contributed by atoms with E-state index in [-0.39, 0.29) is 0 Å². The Balaban J connectivity index is 2.23. The summed E-state index contributed by atoms with van der Waals surface area (Å²) in [6.45, 7) is 5.63. The quantitative estimate of drug-likeness (QED) is 0.511. The molecule has 0 N–H and O–H groups in total. The third kappa shape index (κ3) is 5.00. The van der Waals surface area contributed by atoms with Gasteiger partial charge in [-0.25, -0.2) is 0 Å². The summed E-state index contributed by atoms with van der Waals surface area (Å²) in [5.41, 5.74) is 9.65. The molecule has 1 nitrogen and oxygen atoms in total. The second-order valence-corrected chi connectivity index (χ2v) is 7.43. The summed E-state index contributed by atoms with van der Waals surface area (Å²) in [7, 11) is -2.78. The molecule has 2 heteroatoms. The second kappa shape index (κ2) is 6.49. The van der Waals surface area contributed by atoms with Gasteiger partial charge in [0.1, 0.15) is 0 Å². The van der Waals surface area contributed by atoms with Gasteiger partial charge in [0.2, 0.25) is 7.14 Å². The van der Waals surface area contributed by atoms with Crippen molar-refractivity contribution in [2.45, 2.75) is 13.8 Å². The maximum absolute atomic E-state index is 12.4. The standard InChI is InChI=1S/C19H17OP/c1-16-6-4-8-18(14-16)10-12-21(3,20)13-11-19-9-5-7-17(2)15-19/h4-9,14-15H,1-3H3. The minimum atomic E-state index is -2.78. The molecule has 0 saturated heterocycles. The van der Waals surface area contributed by atoms with Gasteiger partial charge in [0, 0.05) is 17.8 Å². The lowest BCUT2D eigenvalue weighted by Crippen LogP contribution is -1.78. The van der Waals surface area contributed by atoms with Crippen molar-refractivity contribution in [2.24, 2.45) is 0 Å². The van der Waals surface area contributed by atoms with Crippen LogP contribution in [0.25, 0.3) is 0 Å². The molecule has 0 aliphatic carbocycles. The van der Waals surface area contributed by atoms with Crippen molar-refractivity contribution in [3.8, 4) is 23.2 Å². The molecule has 0 aliphatic rings. The van der Waals surface area contributed by atoms with Gasteiger partial charge in [0.15, 0.2) is 0 Å². The van der Waals surface area contributed by atoms with Crippen LogP contribution in [0.3, 0.4) is 0 Å². The smallest absolute Gasteiger partial charge is 0.220 e. The molecular formula is C19H17OP. The van der Waals surface area contributed by atoms with Crippen LogP contribution >= 0.6 is 7.14 Å². The Hall–Kier alpha value is -2.21. The van der Waals surface area contributed by atoms with Crippen LogP contribution in [0, 0.1) is 37.0 Å². The van der Waals surface area contributed by atoms with Crippen molar-refractivity contribution in [1.29, 1.82) is 0 Å². The van der Waals surface area contributed by atoms with Crippen LogP contribution in [0.2, 0.25) is 0 Å². The summed E-state index contributed by atoms with van der Waals surface area (Å²) < 4.78 is 12.4. The van der Waals surface area contributed by atoms with E-state index in [1.807, 2.05) is 62.4 Å². The van der Waals surface area contributed by atoms with Gasteiger partial charge in [0.05, 0.1) is 0 Å². The fourth-order valence-corrected chi connectivity index (χ4v) is 2.56. The summed E-state index contributed by atoms with van der Waals surface area (Å²) in [6, 6.07) is 15.7. The molecule has 0 bridgehead atoms. The van der Waals surface area contributed by atoms with Crippen molar-refractivity contribution in [3.63, 3.8) is 0 Å². The van der Waals surface area contributed by atoms with Gasteiger partial charge in [-0.3, -0.25) is 4.57 Å². The monoisotopic (exact) mass is 292 g/mol. The fourth-order valence-electron chi connectivity index (χ4n) is 1.82. The van der Waals surface area contributed by atoms with E-state index in [2.05, 4.69) is 23.2 Å². The number of hydrogen-bond donors (Lipinski definition) is 0. The van der Waals surface area contributed by atoms with Gasteiger partial charge in [-0.05, 0) is 60.6 Å². The molecule has 0 unspecified atom stereocenters. The molecule has 0 saturated carbocycles. The van der Waals surface area contributed by atoms with E-state index in [9.17, 15) is 4.57 Å². The van der Waals surface area contributed by atoms with Gasteiger partial charge in [-0.2, -0.15) is 0 Å². The van der Waals surface area contributed by atoms with Crippen LogP contribution in [-0.2, 0) is 4.57 Å². The van der Waals surface area contributed by atoms with E-state index in [1.165, 1.54) is 0 Å². The number of hydrogen-bond acceptors (Lipinski definition) is 1. The lowest BCUT2D eigenvalue weighted by atomic mass is 10.1. The van der Waals surface area contributed by atoms with E-state index in [4.69, 9.17) is 0 Å². The molecule has 21 heavy (non-hydrogen) atoms. The maximum Gasteiger partial charge on any atom is 0.220 e. The highest BCUT2D eigenvalue weighted by Gasteiger charge is 2.05. The predicted octanol–water partition coefficient (Wildman–Crippen LogP) is 4.61. The lowest BCUT2D eigenvalue weighted by molar-refractivity contribution is 0.591. The van der Waals surface area contributed by atoms with Crippen molar-refractivity contribution < 1.29 is 4.57 Å². The molecule has 0 aromatic heterocycles. The lowest BCUT2D eigenvalue weighted by Gasteiger charge is -1.96. The third-order valence-electron chi connectivity index (χ3n) is 2.86. The zero-order valence-corrected chi connectivity index (χ0v) is 13.4. The number of benzene rings is 2. The van der Waals surface area contributed by atoms with E-state index >= 15 is 0 Å². The highest BCUT2D eigenvalue weighted by atomic mass is 31.2. The summed E-state index contributed by atoms with van der Waals surface area (Å²) in [6.07, 6.45) is 0. The normalized spacial score (nSPS) is 10.0. The highest BCUT2D eigenvalue weighted by Crippen LogP contribution is 2.38. The first-order chi connectivity index (χ1) is 9.94. The summed E-state index contributed by atoms with van der Waals surface area (Å²) in [5.74, 6) is 5.92. The molecule has 2 aromatic rings. The van der Waals surface area contributed by atoms with Crippen LogP contribution in [0.1, 0.15) is 22.3 Å². The van der Waals surface area contributed by atoms with Crippen molar-refractivity contribution in [1.82, 2.24) is 0 Å². The Labute approximate surface area is 126 Å². The molecule has 0 amide bonds. The molecule has 0 radical (unpaired) electrons. The van der Waals surface area contributed by atoms with Crippen molar-refractivity contribution in [2.75, 3.05) is 6.66 Å². The first-order valence-corrected chi connectivity index (χ1v) is 8.87. The first kappa shape index (κ1) is 15.2. The van der Waals surface area contributed by atoms with Gasteiger partial charge in [-0.1, -0.05) is 36.1 Å². The van der Waals surface area contributed by atoms with E-state index in [0.29, 0.717) is 0 Å². The molecule has 0 fully saturated rings. The minimum Gasteiger partial charge on any atom is -0.296 e. The first-order valence-electron chi connectivity index (χ1n) is 6.72. The average Bonchev–Trinajstić information content (AvgIpc) is 2.44.